The summed E-state index contributed by atoms with van der Waals surface area (Å²) in [6.45, 7) is 1.60. The summed E-state index contributed by atoms with van der Waals surface area (Å²) in [5, 5.41) is 4.18. The van der Waals surface area contributed by atoms with Crippen molar-refractivity contribution in [1.82, 2.24) is 20.2 Å². The molecule has 2 rings (SSSR count). The fourth-order valence-electron chi connectivity index (χ4n) is 2.01. The number of likely N-dealkylation sites (N-methyl/N-ethyl adjacent to an activating group) is 1. The van der Waals surface area contributed by atoms with Gasteiger partial charge in [0.15, 0.2) is 0 Å². The molecule has 0 saturated carbocycles. The highest BCUT2D eigenvalue weighted by molar-refractivity contribution is 6.30. The minimum absolute atomic E-state index is 0.312. The number of aromatic nitrogens is 2. The van der Waals surface area contributed by atoms with Gasteiger partial charge in [0, 0.05) is 30.0 Å². The van der Waals surface area contributed by atoms with Gasteiger partial charge in [-0.1, -0.05) is 23.7 Å². The summed E-state index contributed by atoms with van der Waals surface area (Å²) in [5.74, 6) is 0.952. The number of imidazole rings is 1. The number of nitrogens with zero attached hydrogens (tertiary/aromatic N) is 2. The van der Waals surface area contributed by atoms with E-state index in [1.165, 1.54) is 5.56 Å². The highest BCUT2D eigenvalue weighted by Gasteiger charge is 2.13. The van der Waals surface area contributed by atoms with E-state index in [2.05, 4.69) is 46.4 Å². The van der Waals surface area contributed by atoms with E-state index in [4.69, 9.17) is 11.6 Å². The van der Waals surface area contributed by atoms with E-state index >= 15 is 0 Å². The molecule has 102 valence electrons. The molecule has 2 aromatic rings. The molecule has 5 heteroatoms. The van der Waals surface area contributed by atoms with Crippen LogP contribution < -0.4 is 5.32 Å². The van der Waals surface area contributed by atoms with Crippen molar-refractivity contribution in [3.8, 4) is 0 Å². The molecule has 1 atom stereocenters. The SMILES string of the molecule is CN(C)[C@H](CNCc1ncc[nH]1)c1ccc(Cl)cc1. The Morgan fingerprint density at radius 3 is 2.63 bits per heavy atom. The first-order valence-corrected chi connectivity index (χ1v) is 6.65. The zero-order valence-corrected chi connectivity index (χ0v) is 12.0. The maximum absolute atomic E-state index is 5.93. The van der Waals surface area contributed by atoms with Crippen molar-refractivity contribution in [1.29, 1.82) is 0 Å². The van der Waals surface area contributed by atoms with Crippen molar-refractivity contribution in [2.75, 3.05) is 20.6 Å². The standard InChI is InChI=1S/C14H19ClN4/c1-19(2)13(11-3-5-12(15)6-4-11)9-16-10-14-17-7-8-18-14/h3-8,13,16H,9-10H2,1-2H3,(H,17,18)/t13-/m1/s1. The zero-order chi connectivity index (χ0) is 13.7. The number of H-pyrrole nitrogens is 1. The molecule has 0 fully saturated rings. The van der Waals surface area contributed by atoms with Gasteiger partial charge in [-0.05, 0) is 31.8 Å². The minimum atomic E-state index is 0.312. The van der Waals surface area contributed by atoms with Crippen LogP contribution in [0.15, 0.2) is 36.7 Å². The summed E-state index contributed by atoms with van der Waals surface area (Å²) in [5.41, 5.74) is 1.25. The van der Waals surface area contributed by atoms with Gasteiger partial charge in [0.1, 0.15) is 5.82 Å². The molecule has 1 aromatic heterocycles. The lowest BCUT2D eigenvalue weighted by Crippen LogP contribution is -2.31. The van der Waals surface area contributed by atoms with Crippen molar-refractivity contribution in [2.24, 2.45) is 0 Å². The predicted molar refractivity (Wildman–Crippen MR) is 78.2 cm³/mol. The number of aromatic amines is 1. The van der Waals surface area contributed by atoms with E-state index < -0.39 is 0 Å². The molecule has 0 amide bonds. The van der Waals surface area contributed by atoms with Crippen LogP contribution in [0.4, 0.5) is 0 Å². The highest BCUT2D eigenvalue weighted by Crippen LogP contribution is 2.19. The van der Waals surface area contributed by atoms with E-state index in [0.717, 1.165) is 23.9 Å². The molecule has 0 radical (unpaired) electrons. The monoisotopic (exact) mass is 278 g/mol. The number of rotatable bonds is 6. The summed E-state index contributed by atoms with van der Waals surface area (Å²) in [4.78, 5) is 9.47. The van der Waals surface area contributed by atoms with E-state index in [1.807, 2.05) is 18.3 Å². The average Bonchev–Trinajstić information content (AvgIpc) is 2.89. The minimum Gasteiger partial charge on any atom is -0.348 e. The molecule has 0 spiro atoms. The Bertz CT molecular complexity index is 479. The van der Waals surface area contributed by atoms with Crippen LogP contribution in [0.2, 0.25) is 5.02 Å². The molecule has 1 aromatic carbocycles. The van der Waals surface area contributed by atoms with Gasteiger partial charge in [-0.2, -0.15) is 0 Å². The van der Waals surface area contributed by atoms with E-state index in [0.29, 0.717) is 6.04 Å². The van der Waals surface area contributed by atoms with Crippen LogP contribution in [0.25, 0.3) is 0 Å². The smallest absolute Gasteiger partial charge is 0.120 e. The summed E-state index contributed by atoms with van der Waals surface area (Å²) in [6.07, 6.45) is 3.60. The fourth-order valence-corrected chi connectivity index (χ4v) is 2.13. The normalized spacial score (nSPS) is 12.8. The number of hydrogen-bond donors (Lipinski definition) is 2. The Morgan fingerprint density at radius 2 is 2.05 bits per heavy atom. The van der Waals surface area contributed by atoms with Gasteiger partial charge < -0.3 is 15.2 Å². The third-order valence-corrected chi connectivity index (χ3v) is 3.32. The summed E-state index contributed by atoms with van der Waals surface area (Å²) < 4.78 is 0. The zero-order valence-electron chi connectivity index (χ0n) is 11.2. The van der Waals surface area contributed by atoms with Gasteiger partial charge in [-0.25, -0.2) is 4.98 Å². The number of hydrogen-bond acceptors (Lipinski definition) is 3. The van der Waals surface area contributed by atoms with Crippen LogP contribution in [0.1, 0.15) is 17.4 Å². The van der Waals surface area contributed by atoms with Crippen molar-refractivity contribution in [3.05, 3.63) is 53.1 Å². The van der Waals surface area contributed by atoms with Gasteiger partial charge >= 0.3 is 0 Å². The molecule has 0 aliphatic rings. The molecule has 0 unspecified atom stereocenters. The quantitative estimate of drug-likeness (QED) is 0.853. The molecule has 4 nitrogen and oxygen atoms in total. The lowest BCUT2D eigenvalue weighted by Gasteiger charge is -2.25. The van der Waals surface area contributed by atoms with Crippen LogP contribution in [-0.4, -0.2) is 35.5 Å². The Kier molecular flexibility index (Phi) is 4.96. The van der Waals surface area contributed by atoms with Crippen LogP contribution in [0.3, 0.4) is 0 Å². The van der Waals surface area contributed by atoms with Crippen LogP contribution in [-0.2, 0) is 6.54 Å². The second-order valence-electron chi connectivity index (χ2n) is 4.70. The summed E-state index contributed by atoms with van der Waals surface area (Å²) >= 11 is 5.93. The Labute approximate surface area is 118 Å². The van der Waals surface area contributed by atoms with Gasteiger partial charge in [0.25, 0.3) is 0 Å². The Morgan fingerprint density at radius 1 is 1.32 bits per heavy atom. The van der Waals surface area contributed by atoms with Crippen LogP contribution in [0.5, 0.6) is 0 Å². The first-order chi connectivity index (χ1) is 9.16. The third kappa shape index (κ3) is 4.06. The lowest BCUT2D eigenvalue weighted by atomic mass is 10.1. The Hall–Kier alpha value is -1.36. The van der Waals surface area contributed by atoms with Crippen molar-refractivity contribution in [2.45, 2.75) is 12.6 Å². The molecule has 1 heterocycles. The van der Waals surface area contributed by atoms with Crippen molar-refractivity contribution < 1.29 is 0 Å². The molecule has 0 saturated heterocycles. The van der Waals surface area contributed by atoms with Gasteiger partial charge in [0.2, 0.25) is 0 Å². The molecule has 0 aliphatic heterocycles. The van der Waals surface area contributed by atoms with E-state index in [9.17, 15) is 0 Å². The van der Waals surface area contributed by atoms with E-state index in [-0.39, 0.29) is 0 Å². The average molecular weight is 279 g/mol. The Balaban J connectivity index is 1.94. The predicted octanol–water partition coefficient (Wildman–Crippen LogP) is 2.46. The van der Waals surface area contributed by atoms with Gasteiger partial charge in [0.05, 0.1) is 6.54 Å². The molecule has 0 bridgehead atoms. The summed E-state index contributed by atoms with van der Waals surface area (Å²) in [7, 11) is 4.15. The highest BCUT2D eigenvalue weighted by atomic mass is 35.5. The molecule has 19 heavy (non-hydrogen) atoms. The number of nitrogens with one attached hydrogen (secondary N) is 2. The van der Waals surface area contributed by atoms with Crippen molar-refractivity contribution >= 4 is 11.6 Å². The maximum atomic E-state index is 5.93. The third-order valence-electron chi connectivity index (χ3n) is 3.06. The van der Waals surface area contributed by atoms with Gasteiger partial charge in [-0.15, -0.1) is 0 Å². The molecular formula is C14H19ClN4. The van der Waals surface area contributed by atoms with Crippen molar-refractivity contribution in [3.63, 3.8) is 0 Å². The summed E-state index contributed by atoms with van der Waals surface area (Å²) in [6, 6.07) is 8.32. The van der Waals surface area contributed by atoms with Crippen LogP contribution >= 0.6 is 11.6 Å². The van der Waals surface area contributed by atoms with Gasteiger partial charge in [-0.3, -0.25) is 0 Å². The first kappa shape index (κ1) is 14.1. The number of halogens is 1. The largest absolute Gasteiger partial charge is 0.348 e. The first-order valence-electron chi connectivity index (χ1n) is 6.27. The molecule has 2 N–H and O–H groups in total. The fraction of sp³-hybridized carbons (Fsp3) is 0.357. The topological polar surface area (TPSA) is 44.0 Å². The molecule has 0 aliphatic carbocycles. The lowest BCUT2D eigenvalue weighted by molar-refractivity contribution is 0.288. The molecular weight excluding hydrogens is 260 g/mol. The van der Waals surface area contributed by atoms with E-state index in [1.54, 1.807) is 6.20 Å². The second-order valence-corrected chi connectivity index (χ2v) is 5.13. The number of benzene rings is 1. The second kappa shape index (κ2) is 6.70. The van der Waals surface area contributed by atoms with Crippen LogP contribution in [0, 0.1) is 0 Å². The maximum Gasteiger partial charge on any atom is 0.120 e.